The van der Waals surface area contributed by atoms with Crippen molar-refractivity contribution in [2.75, 3.05) is 20.8 Å². The molecule has 0 saturated carbocycles. The second-order valence-electron chi connectivity index (χ2n) is 4.36. The maximum Gasteiger partial charge on any atom is 0.241 e. The second kappa shape index (κ2) is 7.47. The molecular weight excluding hydrogens is 280 g/mol. The molecule has 0 aliphatic rings. The average molecular weight is 302 g/mol. The third kappa shape index (κ3) is 4.09. The highest BCUT2D eigenvalue weighted by molar-refractivity contribution is 7.89. The molecule has 0 heterocycles. The fourth-order valence-electron chi connectivity index (χ4n) is 1.84. The molecule has 1 atom stereocenters. The highest BCUT2D eigenvalue weighted by atomic mass is 32.2. The molecule has 1 aromatic rings. The van der Waals surface area contributed by atoms with Gasteiger partial charge in [0.25, 0.3) is 0 Å². The van der Waals surface area contributed by atoms with Crippen LogP contribution in [-0.2, 0) is 10.0 Å². The number of hydrogen-bond acceptors (Lipinski definition) is 5. The smallest absolute Gasteiger partial charge is 0.241 e. The molecule has 0 fully saturated rings. The van der Waals surface area contributed by atoms with Gasteiger partial charge < -0.3 is 15.2 Å². The lowest BCUT2D eigenvalue weighted by molar-refractivity contribution is 0.354. The summed E-state index contributed by atoms with van der Waals surface area (Å²) in [5, 5.41) is 0. The quantitative estimate of drug-likeness (QED) is 0.750. The van der Waals surface area contributed by atoms with E-state index >= 15 is 0 Å². The van der Waals surface area contributed by atoms with Crippen molar-refractivity contribution in [1.82, 2.24) is 4.72 Å². The molecule has 0 bridgehead atoms. The van der Waals surface area contributed by atoms with Crippen molar-refractivity contribution in [3.63, 3.8) is 0 Å². The molecule has 0 saturated heterocycles. The second-order valence-corrected chi connectivity index (χ2v) is 6.07. The zero-order valence-corrected chi connectivity index (χ0v) is 12.9. The molecule has 0 aromatic heterocycles. The molecule has 7 heteroatoms. The van der Waals surface area contributed by atoms with Crippen LogP contribution in [0.1, 0.15) is 19.8 Å². The van der Waals surface area contributed by atoms with Gasteiger partial charge in [-0.1, -0.05) is 13.3 Å². The van der Waals surface area contributed by atoms with Crippen LogP contribution in [0.25, 0.3) is 0 Å². The molecule has 0 amide bonds. The topological polar surface area (TPSA) is 90.7 Å². The summed E-state index contributed by atoms with van der Waals surface area (Å²) in [6.07, 6.45) is 1.55. The predicted molar refractivity (Wildman–Crippen MR) is 77.6 cm³/mol. The van der Waals surface area contributed by atoms with Crippen LogP contribution in [0.3, 0.4) is 0 Å². The van der Waals surface area contributed by atoms with Crippen LogP contribution in [-0.4, -0.2) is 35.2 Å². The van der Waals surface area contributed by atoms with Crippen molar-refractivity contribution in [1.29, 1.82) is 0 Å². The van der Waals surface area contributed by atoms with Crippen molar-refractivity contribution in [2.45, 2.75) is 30.7 Å². The Labute approximate surface area is 120 Å². The highest BCUT2D eigenvalue weighted by Gasteiger charge is 2.20. The number of hydrogen-bond donors (Lipinski definition) is 2. The van der Waals surface area contributed by atoms with E-state index in [9.17, 15) is 8.42 Å². The molecule has 0 aliphatic heterocycles. The van der Waals surface area contributed by atoms with Gasteiger partial charge in [-0.15, -0.1) is 0 Å². The van der Waals surface area contributed by atoms with E-state index in [1.165, 1.54) is 26.4 Å². The van der Waals surface area contributed by atoms with E-state index in [0.717, 1.165) is 6.42 Å². The van der Waals surface area contributed by atoms with Crippen LogP contribution in [0, 0.1) is 0 Å². The first kappa shape index (κ1) is 16.7. The lowest BCUT2D eigenvalue weighted by atomic mass is 10.2. The van der Waals surface area contributed by atoms with E-state index in [1.54, 1.807) is 6.07 Å². The fraction of sp³-hybridized carbons (Fsp3) is 0.538. The molecular formula is C13H22N2O4S. The number of methoxy groups -OCH3 is 2. The number of ether oxygens (including phenoxy) is 2. The molecule has 1 aromatic carbocycles. The van der Waals surface area contributed by atoms with E-state index in [1.807, 2.05) is 6.92 Å². The molecule has 0 aliphatic carbocycles. The maximum atomic E-state index is 12.3. The van der Waals surface area contributed by atoms with Gasteiger partial charge in [-0.25, -0.2) is 13.1 Å². The molecule has 20 heavy (non-hydrogen) atoms. The number of rotatable bonds is 8. The largest absolute Gasteiger partial charge is 0.493 e. The van der Waals surface area contributed by atoms with Gasteiger partial charge >= 0.3 is 0 Å². The molecule has 114 valence electrons. The zero-order valence-electron chi connectivity index (χ0n) is 12.0. The summed E-state index contributed by atoms with van der Waals surface area (Å²) in [6.45, 7) is 2.24. The third-order valence-corrected chi connectivity index (χ3v) is 4.43. The molecule has 0 radical (unpaired) electrons. The number of sulfonamides is 1. The number of nitrogens with two attached hydrogens (primary N) is 1. The van der Waals surface area contributed by atoms with Crippen LogP contribution in [0.5, 0.6) is 11.5 Å². The number of benzene rings is 1. The molecule has 0 spiro atoms. The number of nitrogens with one attached hydrogen (secondary N) is 1. The summed E-state index contributed by atoms with van der Waals surface area (Å²) in [4.78, 5) is 0.129. The van der Waals surface area contributed by atoms with Gasteiger partial charge in [-0.05, 0) is 18.6 Å². The minimum Gasteiger partial charge on any atom is -0.493 e. The van der Waals surface area contributed by atoms with Crippen LogP contribution in [0.2, 0.25) is 0 Å². The van der Waals surface area contributed by atoms with Crippen molar-refractivity contribution < 1.29 is 17.9 Å². The first-order valence-electron chi connectivity index (χ1n) is 6.42. The van der Waals surface area contributed by atoms with Gasteiger partial charge in [0.15, 0.2) is 11.5 Å². The van der Waals surface area contributed by atoms with Gasteiger partial charge in [-0.2, -0.15) is 0 Å². The third-order valence-electron chi connectivity index (χ3n) is 2.91. The maximum absolute atomic E-state index is 12.3. The van der Waals surface area contributed by atoms with Crippen LogP contribution in [0.15, 0.2) is 23.1 Å². The minimum atomic E-state index is -3.62. The lowest BCUT2D eigenvalue weighted by Gasteiger charge is -2.17. The summed E-state index contributed by atoms with van der Waals surface area (Å²) >= 11 is 0. The van der Waals surface area contributed by atoms with Gasteiger partial charge in [0.05, 0.1) is 19.1 Å². The predicted octanol–water partition coefficient (Wildman–Crippen LogP) is 1.11. The van der Waals surface area contributed by atoms with Crippen molar-refractivity contribution in [2.24, 2.45) is 5.73 Å². The Kier molecular flexibility index (Phi) is 6.25. The van der Waals surface area contributed by atoms with E-state index in [-0.39, 0.29) is 17.5 Å². The van der Waals surface area contributed by atoms with Crippen LogP contribution < -0.4 is 19.9 Å². The van der Waals surface area contributed by atoms with E-state index in [4.69, 9.17) is 15.2 Å². The Bertz CT molecular complexity index is 531. The summed E-state index contributed by atoms with van der Waals surface area (Å²) in [7, 11) is -0.661. The SMILES string of the molecule is CCCC(CN)NS(=O)(=O)c1ccc(OC)c(OC)c1. The van der Waals surface area contributed by atoms with Gasteiger partial charge in [0.1, 0.15) is 0 Å². The van der Waals surface area contributed by atoms with Crippen molar-refractivity contribution >= 4 is 10.0 Å². The Morgan fingerprint density at radius 2 is 1.90 bits per heavy atom. The summed E-state index contributed by atoms with van der Waals surface area (Å²) in [5.41, 5.74) is 5.57. The minimum absolute atomic E-state index is 0.129. The standard InChI is InChI=1S/C13H22N2O4S/c1-4-5-10(9-14)15-20(16,17)11-6-7-12(18-2)13(8-11)19-3/h6-8,10,15H,4-5,9,14H2,1-3H3. The Hall–Kier alpha value is -1.31. The summed E-state index contributed by atoms with van der Waals surface area (Å²) in [6, 6.07) is 4.20. The van der Waals surface area contributed by atoms with E-state index in [2.05, 4.69) is 4.72 Å². The monoisotopic (exact) mass is 302 g/mol. The average Bonchev–Trinajstić information content (AvgIpc) is 2.45. The Morgan fingerprint density at radius 1 is 1.25 bits per heavy atom. The summed E-state index contributed by atoms with van der Waals surface area (Å²) < 4.78 is 37.4. The highest BCUT2D eigenvalue weighted by Crippen LogP contribution is 2.29. The fourth-order valence-corrected chi connectivity index (χ4v) is 3.14. The first-order chi connectivity index (χ1) is 9.48. The lowest BCUT2D eigenvalue weighted by Crippen LogP contribution is -2.39. The normalized spacial score (nSPS) is 13.0. The first-order valence-corrected chi connectivity index (χ1v) is 7.91. The van der Waals surface area contributed by atoms with Crippen molar-refractivity contribution in [3.8, 4) is 11.5 Å². The molecule has 3 N–H and O–H groups in total. The van der Waals surface area contributed by atoms with Gasteiger partial charge in [-0.3, -0.25) is 0 Å². The Morgan fingerprint density at radius 3 is 2.40 bits per heavy atom. The van der Waals surface area contributed by atoms with Gasteiger partial charge in [0.2, 0.25) is 10.0 Å². The van der Waals surface area contributed by atoms with Gasteiger partial charge in [0, 0.05) is 18.7 Å². The molecule has 1 rings (SSSR count). The van der Waals surface area contributed by atoms with Crippen LogP contribution in [0.4, 0.5) is 0 Å². The zero-order chi connectivity index (χ0) is 15.2. The Balaban J connectivity index is 3.03. The summed E-state index contributed by atoms with van der Waals surface area (Å²) in [5.74, 6) is 0.852. The molecule has 1 unspecified atom stereocenters. The van der Waals surface area contributed by atoms with Crippen LogP contribution >= 0.6 is 0 Å². The molecule has 6 nitrogen and oxygen atoms in total. The van der Waals surface area contributed by atoms with E-state index < -0.39 is 10.0 Å². The van der Waals surface area contributed by atoms with Crippen molar-refractivity contribution in [3.05, 3.63) is 18.2 Å². The van der Waals surface area contributed by atoms with E-state index in [0.29, 0.717) is 17.9 Å².